The van der Waals surface area contributed by atoms with Crippen molar-refractivity contribution < 1.29 is 18.3 Å². The van der Waals surface area contributed by atoms with Crippen LogP contribution in [-0.2, 0) is 6.18 Å². The maximum Gasteiger partial charge on any atom is 0.416 e. The fraction of sp³-hybridized carbons (Fsp3) is 0.625. The van der Waals surface area contributed by atoms with Gasteiger partial charge in [-0.2, -0.15) is 13.2 Å². The van der Waals surface area contributed by atoms with E-state index in [2.05, 4.69) is 26.1 Å². The molecule has 0 bridgehead atoms. The molecular weight excluding hydrogens is 373 g/mol. The number of alkyl halides is 3. The average Bonchev–Trinajstić information content (AvgIpc) is 3.32. The van der Waals surface area contributed by atoms with E-state index in [1.807, 2.05) is 0 Å². The van der Waals surface area contributed by atoms with Crippen LogP contribution in [0, 0.1) is 5.92 Å². The van der Waals surface area contributed by atoms with Crippen LogP contribution in [0.15, 0.2) is 16.6 Å². The quantitative estimate of drug-likeness (QED) is 0.814. The van der Waals surface area contributed by atoms with Gasteiger partial charge in [0.1, 0.15) is 5.75 Å². The maximum absolute atomic E-state index is 13.5. The van der Waals surface area contributed by atoms with E-state index in [1.54, 1.807) is 0 Å². The molecule has 1 atom stereocenters. The lowest BCUT2D eigenvalue weighted by atomic mass is 9.93. The van der Waals surface area contributed by atoms with E-state index in [0.717, 1.165) is 32.0 Å². The molecule has 1 heterocycles. The van der Waals surface area contributed by atoms with Crippen LogP contribution in [0.3, 0.4) is 0 Å². The lowest BCUT2D eigenvalue weighted by Gasteiger charge is -2.37. The van der Waals surface area contributed by atoms with Gasteiger partial charge in [0.2, 0.25) is 0 Å². The Morgan fingerprint density at radius 2 is 1.91 bits per heavy atom. The van der Waals surface area contributed by atoms with Gasteiger partial charge >= 0.3 is 6.18 Å². The first-order chi connectivity index (χ1) is 10.9. The molecule has 3 rings (SSSR count). The van der Waals surface area contributed by atoms with E-state index in [9.17, 15) is 18.3 Å². The summed E-state index contributed by atoms with van der Waals surface area (Å²) < 4.78 is 40.8. The highest BCUT2D eigenvalue weighted by Crippen LogP contribution is 2.48. The molecule has 7 heteroatoms. The predicted molar refractivity (Wildman–Crippen MR) is 85.3 cm³/mol. The zero-order valence-corrected chi connectivity index (χ0v) is 14.3. The van der Waals surface area contributed by atoms with Crippen LogP contribution in [0.1, 0.15) is 36.4 Å². The molecule has 0 aromatic heterocycles. The molecule has 3 nitrogen and oxygen atoms in total. The Hall–Kier alpha value is -0.790. The van der Waals surface area contributed by atoms with Crippen LogP contribution < -0.4 is 5.32 Å². The van der Waals surface area contributed by atoms with Crippen molar-refractivity contribution >= 4 is 15.9 Å². The minimum atomic E-state index is -4.47. The third-order valence-corrected chi connectivity index (χ3v) is 5.29. The lowest BCUT2D eigenvalue weighted by Crippen LogP contribution is -2.45. The number of benzene rings is 1. The number of rotatable bonds is 4. The predicted octanol–water partition coefficient (Wildman–Crippen LogP) is 3.92. The standard InChI is InChI=1S/C16H20BrF3N2O/c17-12-4-3-11(16(18,19)20)14(15(12)23)13(9-10-1-2-10)22-7-5-21-6-8-22/h3-4,10,13,21,23H,1-2,5-9H2/t13-/m0/s1. The Morgan fingerprint density at radius 1 is 1.26 bits per heavy atom. The van der Waals surface area contributed by atoms with Crippen LogP contribution in [0.2, 0.25) is 0 Å². The first kappa shape index (κ1) is 17.0. The molecule has 0 amide bonds. The summed E-state index contributed by atoms with van der Waals surface area (Å²) in [4.78, 5) is 2.07. The second-order valence-electron chi connectivity index (χ2n) is 6.34. The molecular formula is C16H20BrF3N2O. The molecule has 1 aromatic rings. The molecule has 0 spiro atoms. The molecule has 23 heavy (non-hydrogen) atoms. The normalized spacial score (nSPS) is 21.4. The van der Waals surface area contributed by atoms with Crippen molar-refractivity contribution in [2.45, 2.75) is 31.5 Å². The van der Waals surface area contributed by atoms with Crippen molar-refractivity contribution in [1.29, 1.82) is 0 Å². The second-order valence-corrected chi connectivity index (χ2v) is 7.19. The number of piperazine rings is 1. The van der Waals surface area contributed by atoms with E-state index < -0.39 is 17.8 Å². The van der Waals surface area contributed by atoms with Crippen molar-refractivity contribution in [1.82, 2.24) is 10.2 Å². The minimum Gasteiger partial charge on any atom is -0.506 e. The molecule has 128 valence electrons. The monoisotopic (exact) mass is 392 g/mol. The number of hydrogen-bond acceptors (Lipinski definition) is 3. The number of nitrogens with zero attached hydrogens (tertiary/aromatic N) is 1. The zero-order valence-electron chi connectivity index (χ0n) is 12.7. The summed E-state index contributed by atoms with van der Waals surface area (Å²) in [5.41, 5.74) is -0.692. The van der Waals surface area contributed by atoms with Crippen molar-refractivity contribution in [3.63, 3.8) is 0 Å². The summed E-state index contributed by atoms with van der Waals surface area (Å²) in [6.45, 7) is 2.91. The second kappa shape index (κ2) is 6.61. The SMILES string of the molecule is Oc1c(Br)ccc(C(F)(F)F)c1[C@H](CC1CC1)N1CCNCC1. The van der Waals surface area contributed by atoms with Gasteiger partial charge in [-0.15, -0.1) is 0 Å². The molecule has 0 radical (unpaired) electrons. The number of hydrogen-bond donors (Lipinski definition) is 2. The fourth-order valence-electron chi connectivity index (χ4n) is 3.28. The summed E-state index contributed by atoms with van der Waals surface area (Å²) in [5, 5.41) is 13.6. The Kier molecular flexibility index (Phi) is 4.90. The largest absolute Gasteiger partial charge is 0.506 e. The van der Waals surface area contributed by atoms with Crippen LogP contribution >= 0.6 is 15.9 Å². The van der Waals surface area contributed by atoms with Gasteiger partial charge in [-0.25, -0.2) is 0 Å². The van der Waals surface area contributed by atoms with Crippen LogP contribution in [0.4, 0.5) is 13.2 Å². The van der Waals surface area contributed by atoms with E-state index in [0.29, 0.717) is 29.9 Å². The summed E-state index contributed by atoms with van der Waals surface area (Å²) in [7, 11) is 0. The Bertz CT molecular complexity index is 569. The number of aromatic hydroxyl groups is 1. The van der Waals surface area contributed by atoms with Gasteiger partial charge in [0.05, 0.1) is 10.0 Å². The minimum absolute atomic E-state index is 0.0284. The smallest absolute Gasteiger partial charge is 0.416 e. The summed E-state index contributed by atoms with van der Waals surface area (Å²) in [6.07, 6.45) is -1.66. The topological polar surface area (TPSA) is 35.5 Å². The molecule has 1 aromatic carbocycles. The van der Waals surface area contributed by atoms with Gasteiger partial charge in [-0.3, -0.25) is 4.90 Å². The summed E-state index contributed by atoms with van der Waals surface area (Å²) in [6, 6.07) is 1.95. The lowest BCUT2D eigenvalue weighted by molar-refractivity contribution is -0.139. The summed E-state index contributed by atoms with van der Waals surface area (Å²) >= 11 is 3.17. The number of phenolic OH excluding ortho intramolecular Hbond substituents is 1. The van der Waals surface area contributed by atoms with E-state index in [1.165, 1.54) is 6.07 Å². The van der Waals surface area contributed by atoms with Gasteiger partial charge in [0.25, 0.3) is 0 Å². The van der Waals surface area contributed by atoms with Gasteiger partial charge in [-0.05, 0) is 40.4 Å². The molecule has 2 N–H and O–H groups in total. The third-order valence-electron chi connectivity index (χ3n) is 4.65. The highest BCUT2D eigenvalue weighted by molar-refractivity contribution is 9.10. The molecule has 2 aliphatic rings. The van der Waals surface area contributed by atoms with E-state index >= 15 is 0 Å². The number of halogens is 4. The van der Waals surface area contributed by atoms with Gasteiger partial charge in [0.15, 0.2) is 0 Å². The number of nitrogens with one attached hydrogen (secondary N) is 1. The molecule has 1 saturated heterocycles. The first-order valence-electron chi connectivity index (χ1n) is 7.91. The number of phenols is 1. The Morgan fingerprint density at radius 3 is 2.48 bits per heavy atom. The first-order valence-corrected chi connectivity index (χ1v) is 8.70. The van der Waals surface area contributed by atoms with Crippen molar-refractivity contribution in [3.05, 3.63) is 27.7 Å². The average molecular weight is 393 g/mol. The molecule has 0 unspecified atom stereocenters. The molecule has 2 fully saturated rings. The van der Waals surface area contributed by atoms with Crippen molar-refractivity contribution in [2.24, 2.45) is 5.92 Å². The molecule has 1 aliphatic carbocycles. The fourth-order valence-corrected chi connectivity index (χ4v) is 3.62. The van der Waals surface area contributed by atoms with Crippen molar-refractivity contribution in [2.75, 3.05) is 26.2 Å². The molecule has 1 aliphatic heterocycles. The molecule has 1 saturated carbocycles. The summed E-state index contributed by atoms with van der Waals surface area (Å²) in [5.74, 6) is 0.193. The van der Waals surface area contributed by atoms with Gasteiger partial charge in [0, 0.05) is 37.8 Å². The highest BCUT2D eigenvalue weighted by Gasteiger charge is 2.40. The van der Waals surface area contributed by atoms with Gasteiger partial charge < -0.3 is 10.4 Å². The maximum atomic E-state index is 13.5. The van der Waals surface area contributed by atoms with Crippen LogP contribution in [0.25, 0.3) is 0 Å². The van der Waals surface area contributed by atoms with E-state index in [-0.39, 0.29) is 11.3 Å². The third kappa shape index (κ3) is 3.83. The Balaban J connectivity index is 2.04. The Labute approximate surface area is 142 Å². The van der Waals surface area contributed by atoms with E-state index in [4.69, 9.17) is 0 Å². The van der Waals surface area contributed by atoms with Gasteiger partial charge in [-0.1, -0.05) is 12.8 Å². The van der Waals surface area contributed by atoms with Crippen molar-refractivity contribution in [3.8, 4) is 5.75 Å². The van der Waals surface area contributed by atoms with Crippen LogP contribution in [0.5, 0.6) is 5.75 Å². The van der Waals surface area contributed by atoms with Crippen LogP contribution in [-0.4, -0.2) is 36.2 Å². The highest BCUT2D eigenvalue weighted by atomic mass is 79.9. The zero-order chi connectivity index (χ0) is 16.6.